The molecule has 5 nitrogen and oxygen atoms in total. The van der Waals surface area contributed by atoms with Crippen LogP contribution in [0.25, 0.3) is 11.1 Å². The number of carbonyl (C=O) groups excluding carboxylic acids is 1. The summed E-state index contributed by atoms with van der Waals surface area (Å²) in [7, 11) is 0. The van der Waals surface area contributed by atoms with E-state index in [-0.39, 0.29) is 18.0 Å². The van der Waals surface area contributed by atoms with Crippen molar-refractivity contribution in [3.63, 3.8) is 0 Å². The molecular weight excluding hydrogens is 383 g/mol. The van der Waals surface area contributed by atoms with Crippen molar-refractivity contribution >= 4 is 22.8 Å². The Morgan fingerprint density at radius 3 is 2.72 bits per heavy atom. The van der Waals surface area contributed by atoms with Crippen LogP contribution in [-0.2, 0) is 12.6 Å². The summed E-state index contributed by atoms with van der Waals surface area (Å²) in [6.07, 6.45) is -2.44. The number of alkyl halides is 3. The van der Waals surface area contributed by atoms with Crippen LogP contribution in [-0.4, -0.2) is 17.1 Å². The number of fused-ring (bicyclic) bond motifs is 1. The molecule has 1 aromatic heterocycles. The minimum Gasteiger partial charge on any atom is -0.441 e. The van der Waals surface area contributed by atoms with Crippen molar-refractivity contribution in [1.82, 2.24) is 10.3 Å². The quantitative estimate of drug-likeness (QED) is 0.606. The Hall–Kier alpha value is -3.03. The second-order valence-electron chi connectivity index (χ2n) is 7.23. The number of amides is 2. The van der Waals surface area contributed by atoms with Crippen LogP contribution in [0.15, 0.2) is 46.9 Å². The van der Waals surface area contributed by atoms with Gasteiger partial charge in [0.15, 0.2) is 11.5 Å². The third-order valence-corrected chi connectivity index (χ3v) is 5.15. The van der Waals surface area contributed by atoms with Gasteiger partial charge in [-0.2, -0.15) is 13.2 Å². The van der Waals surface area contributed by atoms with E-state index in [4.69, 9.17) is 4.42 Å². The highest BCUT2D eigenvalue weighted by Crippen LogP contribution is 2.39. The first-order chi connectivity index (χ1) is 13.8. The summed E-state index contributed by atoms with van der Waals surface area (Å²) in [6, 6.07) is 10.2. The number of carbonyl (C=O) groups is 1. The van der Waals surface area contributed by atoms with Gasteiger partial charge in [-0.1, -0.05) is 25.1 Å². The minimum absolute atomic E-state index is 0.0153. The number of hydrogen-bond donors (Lipinski definition) is 2. The van der Waals surface area contributed by atoms with Gasteiger partial charge in [-0.05, 0) is 48.6 Å². The predicted molar refractivity (Wildman–Crippen MR) is 103 cm³/mol. The van der Waals surface area contributed by atoms with Crippen LogP contribution in [0.5, 0.6) is 0 Å². The molecule has 2 aromatic carbocycles. The summed E-state index contributed by atoms with van der Waals surface area (Å²) in [4.78, 5) is 16.6. The smallest absolute Gasteiger partial charge is 0.416 e. The first-order valence-corrected chi connectivity index (χ1v) is 9.46. The summed E-state index contributed by atoms with van der Waals surface area (Å²) in [6.45, 7) is 1.95. The van der Waals surface area contributed by atoms with Crippen LogP contribution in [0.3, 0.4) is 0 Å². The SMILES string of the molecule is CCc1nc2cc(NC(=O)NC3CC(c4cccc(C(F)(F)F)c4)C3)ccc2o1. The maximum Gasteiger partial charge on any atom is 0.416 e. The third kappa shape index (κ3) is 4.21. The fraction of sp³-hybridized carbons (Fsp3) is 0.333. The molecule has 0 spiro atoms. The van der Waals surface area contributed by atoms with E-state index in [0.717, 1.165) is 6.07 Å². The third-order valence-electron chi connectivity index (χ3n) is 5.15. The highest BCUT2D eigenvalue weighted by Gasteiger charge is 2.34. The normalized spacial score (nSPS) is 19.0. The second-order valence-corrected chi connectivity index (χ2v) is 7.23. The monoisotopic (exact) mass is 403 g/mol. The maximum absolute atomic E-state index is 12.9. The second kappa shape index (κ2) is 7.42. The molecule has 0 radical (unpaired) electrons. The lowest BCUT2D eigenvalue weighted by Gasteiger charge is -2.36. The van der Waals surface area contributed by atoms with Gasteiger partial charge in [0.2, 0.25) is 0 Å². The van der Waals surface area contributed by atoms with Gasteiger partial charge in [-0.25, -0.2) is 9.78 Å². The molecule has 0 aliphatic heterocycles. The van der Waals surface area contributed by atoms with E-state index in [9.17, 15) is 18.0 Å². The highest BCUT2D eigenvalue weighted by molar-refractivity contribution is 5.91. The molecule has 1 heterocycles. The summed E-state index contributed by atoms with van der Waals surface area (Å²) in [5.41, 5.74) is 1.95. The topological polar surface area (TPSA) is 67.2 Å². The summed E-state index contributed by atoms with van der Waals surface area (Å²) >= 11 is 0. The van der Waals surface area contributed by atoms with Crippen LogP contribution in [0, 0.1) is 0 Å². The Balaban J connectivity index is 1.32. The van der Waals surface area contributed by atoms with Crippen molar-refractivity contribution in [2.24, 2.45) is 0 Å². The van der Waals surface area contributed by atoms with Crippen LogP contribution in [0.1, 0.15) is 42.7 Å². The lowest BCUT2D eigenvalue weighted by molar-refractivity contribution is -0.137. The number of nitrogens with zero attached hydrogens (tertiary/aromatic N) is 1. The molecule has 152 valence electrons. The lowest BCUT2D eigenvalue weighted by atomic mass is 9.75. The molecule has 2 N–H and O–H groups in total. The average Bonchev–Trinajstić information content (AvgIpc) is 3.06. The Morgan fingerprint density at radius 1 is 1.21 bits per heavy atom. The molecule has 1 saturated carbocycles. The Kier molecular flexibility index (Phi) is 4.94. The number of benzene rings is 2. The van der Waals surface area contributed by atoms with Crippen molar-refractivity contribution in [2.75, 3.05) is 5.32 Å². The fourth-order valence-corrected chi connectivity index (χ4v) is 3.53. The standard InChI is InChI=1S/C21H20F3N3O2/c1-2-19-27-17-11-15(6-7-18(17)29-19)25-20(28)26-16-9-13(10-16)12-4-3-5-14(8-12)21(22,23)24/h3-8,11,13,16H,2,9-10H2,1H3,(H2,25,26,28). The van der Waals surface area contributed by atoms with Crippen molar-refractivity contribution < 1.29 is 22.4 Å². The van der Waals surface area contributed by atoms with Gasteiger partial charge in [0, 0.05) is 18.2 Å². The maximum atomic E-state index is 12.9. The van der Waals surface area contributed by atoms with Gasteiger partial charge in [0.05, 0.1) is 5.56 Å². The molecule has 0 saturated heterocycles. The number of aryl methyl sites for hydroxylation is 1. The molecule has 0 unspecified atom stereocenters. The summed E-state index contributed by atoms with van der Waals surface area (Å²) in [5, 5.41) is 5.62. The minimum atomic E-state index is -4.35. The summed E-state index contributed by atoms with van der Waals surface area (Å²) in [5.74, 6) is 0.651. The molecule has 1 aliphatic carbocycles. The van der Waals surface area contributed by atoms with Gasteiger partial charge in [-0.3, -0.25) is 0 Å². The number of hydrogen-bond acceptors (Lipinski definition) is 3. The largest absolute Gasteiger partial charge is 0.441 e. The van der Waals surface area contributed by atoms with Gasteiger partial charge in [-0.15, -0.1) is 0 Å². The van der Waals surface area contributed by atoms with Crippen LogP contribution in [0.2, 0.25) is 0 Å². The zero-order valence-corrected chi connectivity index (χ0v) is 15.7. The zero-order chi connectivity index (χ0) is 20.6. The van der Waals surface area contributed by atoms with E-state index in [2.05, 4.69) is 15.6 Å². The van der Waals surface area contributed by atoms with Gasteiger partial charge in [0.1, 0.15) is 5.52 Å². The molecule has 1 fully saturated rings. The van der Waals surface area contributed by atoms with Crippen molar-refractivity contribution in [2.45, 2.75) is 44.3 Å². The van der Waals surface area contributed by atoms with Gasteiger partial charge >= 0.3 is 12.2 Å². The number of halogens is 3. The molecule has 0 atom stereocenters. The van der Waals surface area contributed by atoms with Crippen LogP contribution >= 0.6 is 0 Å². The Bertz CT molecular complexity index is 1040. The predicted octanol–water partition coefficient (Wildman–Crippen LogP) is 5.48. The number of oxazole rings is 1. The molecule has 29 heavy (non-hydrogen) atoms. The van der Waals surface area contributed by atoms with Crippen molar-refractivity contribution in [3.8, 4) is 0 Å². The highest BCUT2D eigenvalue weighted by atomic mass is 19.4. The Morgan fingerprint density at radius 2 is 2.00 bits per heavy atom. The van der Waals surface area contributed by atoms with Gasteiger partial charge < -0.3 is 15.1 Å². The number of aromatic nitrogens is 1. The molecule has 2 amide bonds. The first kappa shape index (κ1) is 19.3. The fourth-order valence-electron chi connectivity index (χ4n) is 3.53. The molecule has 8 heteroatoms. The zero-order valence-electron chi connectivity index (χ0n) is 15.7. The molecule has 1 aliphatic rings. The van der Waals surface area contributed by atoms with E-state index in [1.807, 2.05) is 6.92 Å². The molecule has 3 aromatic rings. The van der Waals surface area contributed by atoms with E-state index in [0.29, 0.717) is 47.5 Å². The van der Waals surface area contributed by atoms with Crippen LogP contribution < -0.4 is 10.6 Å². The summed E-state index contributed by atoms with van der Waals surface area (Å²) < 4.78 is 44.1. The van der Waals surface area contributed by atoms with Gasteiger partial charge in [0.25, 0.3) is 0 Å². The van der Waals surface area contributed by atoms with Crippen molar-refractivity contribution in [3.05, 3.63) is 59.5 Å². The van der Waals surface area contributed by atoms with E-state index >= 15 is 0 Å². The Labute approximate surface area is 165 Å². The first-order valence-electron chi connectivity index (χ1n) is 9.46. The number of urea groups is 1. The number of nitrogens with one attached hydrogen (secondary N) is 2. The van der Waals surface area contributed by atoms with Crippen molar-refractivity contribution in [1.29, 1.82) is 0 Å². The lowest BCUT2D eigenvalue weighted by Crippen LogP contribution is -2.45. The molecule has 0 bridgehead atoms. The van der Waals surface area contributed by atoms with E-state index < -0.39 is 11.7 Å². The number of anilines is 1. The number of rotatable bonds is 4. The van der Waals surface area contributed by atoms with E-state index in [1.54, 1.807) is 24.3 Å². The average molecular weight is 403 g/mol. The van der Waals surface area contributed by atoms with Crippen LogP contribution in [0.4, 0.5) is 23.7 Å². The molecule has 4 rings (SSSR count). The molecular formula is C21H20F3N3O2. The van der Waals surface area contributed by atoms with E-state index in [1.165, 1.54) is 12.1 Å².